The lowest BCUT2D eigenvalue weighted by Gasteiger charge is -2.23. The van der Waals surface area contributed by atoms with Crippen LogP contribution < -0.4 is 9.80 Å². The van der Waals surface area contributed by atoms with Crippen molar-refractivity contribution in [1.82, 2.24) is 4.98 Å². The second kappa shape index (κ2) is 7.11. The number of thiazole rings is 1. The number of hydrogen-bond acceptors (Lipinski definition) is 3. The Morgan fingerprint density at radius 2 is 1.83 bits per heavy atom. The van der Waals surface area contributed by atoms with Crippen LogP contribution in [0.15, 0.2) is 54.6 Å². The fourth-order valence-electron chi connectivity index (χ4n) is 2.59. The van der Waals surface area contributed by atoms with E-state index in [1.807, 2.05) is 62.6 Å². The molecule has 0 radical (unpaired) electrons. The molecule has 0 spiro atoms. The molecule has 0 aliphatic heterocycles. The maximum atomic E-state index is 12.5. The first-order valence-corrected chi connectivity index (χ1v) is 8.87. The van der Waals surface area contributed by atoms with Crippen molar-refractivity contribution in [2.75, 3.05) is 25.5 Å². The first-order chi connectivity index (χ1) is 11.6. The smallest absolute Gasteiger partial charge is 0.281 e. The van der Waals surface area contributed by atoms with Crippen molar-refractivity contribution in [3.05, 3.63) is 59.6 Å². The Bertz CT molecular complexity index is 798. The average Bonchev–Trinajstić information content (AvgIpc) is 3.05. The van der Waals surface area contributed by atoms with Gasteiger partial charge < -0.3 is 9.80 Å². The summed E-state index contributed by atoms with van der Waals surface area (Å²) in [5, 5.41) is 1.07. The van der Waals surface area contributed by atoms with Gasteiger partial charge in [0, 0.05) is 12.7 Å². The highest BCUT2D eigenvalue weighted by Gasteiger charge is 2.23. The molecule has 4 nitrogen and oxygen atoms in total. The molecule has 1 amide bonds. The maximum absolute atomic E-state index is 12.5. The van der Waals surface area contributed by atoms with Crippen molar-refractivity contribution < 1.29 is 9.69 Å². The maximum Gasteiger partial charge on any atom is 0.281 e. The predicted octanol–water partition coefficient (Wildman–Crippen LogP) is 2.54. The van der Waals surface area contributed by atoms with Gasteiger partial charge in [0.1, 0.15) is 6.04 Å². The van der Waals surface area contributed by atoms with Gasteiger partial charge in [-0.05, 0) is 31.2 Å². The minimum atomic E-state index is 0.103. The molecule has 1 aromatic heterocycles. The molecule has 0 fully saturated rings. The topological polar surface area (TPSA) is 37.6 Å². The van der Waals surface area contributed by atoms with Gasteiger partial charge in [-0.25, -0.2) is 4.98 Å². The van der Waals surface area contributed by atoms with Crippen LogP contribution in [0.25, 0.3) is 10.2 Å². The summed E-state index contributed by atoms with van der Waals surface area (Å²) in [6, 6.07) is 18.1. The van der Waals surface area contributed by atoms with E-state index < -0.39 is 0 Å². The Hall–Kier alpha value is -2.24. The van der Waals surface area contributed by atoms with Crippen LogP contribution in [0.5, 0.6) is 0 Å². The van der Waals surface area contributed by atoms with Gasteiger partial charge in [-0.3, -0.25) is 4.79 Å². The average molecular weight is 340 g/mol. The van der Waals surface area contributed by atoms with Crippen LogP contribution in [0, 0.1) is 0 Å². The molecule has 3 aromatic rings. The highest BCUT2D eigenvalue weighted by atomic mass is 32.1. The third-order valence-electron chi connectivity index (χ3n) is 4.37. The minimum Gasteiger partial charge on any atom is -0.322 e. The molecule has 24 heavy (non-hydrogen) atoms. The lowest BCUT2D eigenvalue weighted by Crippen LogP contribution is -3.10. The second-order valence-corrected chi connectivity index (χ2v) is 7.12. The summed E-state index contributed by atoms with van der Waals surface area (Å²) in [6.07, 6.45) is 0. The number of hydrogen-bond donors (Lipinski definition) is 1. The Morgan fingerprint density at radius 3 is 2.54 bits per heavy atom. The number of anilines is 1. The number of carbonyl (C=O) groups is 1. The predicted molar refractivity (Wildman–Crippen MR) is 99.6 cm³/mol. The van der Waals surface area contributed by atoms with Crippen molar-refractivity contribution in [2.24, 2.45) is 0 Å². The number of amides is 1. The summed E-state index contributed by atoms with van der Waals surface area (Å²) in [7, 11) is 3.88. The molecule has 0 aliphatic carbocycles. The molecule has 1 unspecified atom stereocenters. The molecule has 0 saturated carbocycles. The van der Waals surface area contributed by atoms with Crippen LogP contribution >= 0.6 is 11.3 Å². The van der Waals surface area contributed by atoms with Crippen molar-refractivity contribution in [1.29, 1.82) is 0 Å². The van der Waals surface area contributed by atoms with E-state index in [1.54, 1.807) is 16.2 Å². The van der Waals surface area contributed by atoms with Crippen molar-refractivity contribution in [3.63, 3.8) is 0 Å². The summed E-state index contributed by atoms with van der Waals surface area (Å²) in [5.74, 6) is 0.103. The number of para-hydroxylation sites is 2. The normalized spacial score (nSPS) is 13.6. The van der Waals surface area contributed by atoms with E-state index in [1.165, 1.54) is 4.70 Å². The molecular weight excluding hydrogens is 318 g/mol. The second-order valence-electron chi connectivity index (χ2n) is 6.05. The van der Waals surface area contributed by atoms with Gasteiger partial charge in [-0.1, -0.05) is 30.3 Å². The molecule has 0 aliphatic rings. The molecule has 0 bridgehead atoms. The van der Waals surface area contributed by atoms with E-state index in [-0.39, 0.29) is 11.9 Å². The first-order valence-electron chi connectivity index (χ1n) is 8.05. The number of benzene rings is 2. The third kappa shape index (κ3) is 3.47. The van der Waals surface area contributed by atoms with E-state index in [0.717, 1.165) is 21.1 Å². The minimum absolute atomic E-state index is 0.103. The molecule has 2 aromatic carbocycles. The number of likely N-dealkylation sites (N-methyl/N-ethyl adjacent to an activating group) is 2. The highest BCUT2D eigenvalue weighted by Crippen LogP contribution is 2.24. The van der Waals surface area contributed by atoms with Crippen molar-refractivity contribution in [2.45, 2.75) is 13.0 Å². The summed E-state index contributed by atoms with van der Waals surface area (Å²) >= 11 is 1.71. The summed E-state index contributed by atoms with van der Waals surface area (Å²) < 4.78 is 1.19. The van der Waals surface area contributed by atoms with Gasteiger partial charge in [0.05, 0.1) is 17.3 Å². The Morgan fingerprint density at radius 1 is 1.17 bits per heavy atom. The zero-order valence-electron chi connectivity index (χ0n) is 14.2. The number of carbonyl (C=O) groups excluding carboxylic acids is 1. The Labute approximate surface area is 146 Å². The fraction of sp³-hybridized carbons (Fsp3) is 0.263. The van der Waals surface area contributed by atoms with Gasteiger partial charge in [0.15, 0.2) is 11.6 Å². The quantitative estimate of drug-likeness (QED) is 0.775. The number of rotatable bonds is 5. The molecule has 2 atom stereocenters. The van der Waals surface area contributed by atoms with Crippen LogP contribution in [0.1, 0.15) is 18.0 Å². The third-order valence-corrected chi connectivity index (χ3v) is 5.59. The monoisotopic (exact) mass is 340 g/mol. The number of aromatic nitrogens is 1. The fourth-order valence-corrected chi connectivity index (χ4v) is 3.70. The Balaban J connectivity index is 1.69. The van der Waals surface area contributed by atoms with Crippen LogP contribution in [0.2, 0.25) is 0 Å². The largest absolute Gasteiger partial charge is 0.322 e. The van der Waals surface area contributed by atoms with Crippen molar-refractivity contribution in [3.8, 4) is 0 Å². The lowest BCUT2D eigenvalue weighted by atomic mass is 10.2. The summed E-state index contributed by atoms with van der Waals surface area (Å²) in [4.78, 5) is 20.1. The number of quaternary nitrogens is 1. The van der Waals surface area contributed by atoms with Crippen LogP contribution in [-0.4, -0.2) is 31.5 Å². The summed E-state index contributed by atoms with van der Waals surface area (Å²) in [6.45, 7) is 2.56. The van der Waals surface area contributed by atoms with Gasteiger partial charge >= 0.3 is 0 Å². The van der Waals surface area contributed by atoms with Crippen LogP contribution in [0.3, 0.4) is 0 Å². The molecule has 124 valence electrons. The molecule has 1 N–H and O–H groups in total. The van der Waals surface area contributed by atoms with Gasteiger partial charge in [0.2, 0.25) is 0 Å². The van der Waals surface area contributed by atoms with Gasteiger partial charge in [0.25, 0.3) is 5.91 Å². The first kappa shape index (κ1) is 16.6. The number of fused-ring (bicyclic) bond motifs is 1. The molecule has 3 rings (SSSR count). The van der Waals surface area contributed by atoms with E-state index >= 15 is 0 Å². The van der Waals surface area contributed by atoms with E-state index in [2.05, 4.69) is 13.0 Å². The number of nitrogens with zero attached hydrogens (tertiary/aromatic N) is 2. The highest BCUT2D eigenvalue weighted by molar-refractivity contribution is 7.18. The zero-order valence-corrected chi connectivity index (χ0v) is 15.0. The van der Waals surface area contributed by atoms with Crippen LogP contribution in [0.4, 0.5) is 5.69 Å². The van der Waals surface area contributed by atoms with Crippen molar-refractivity contribution >= 4 is 33.1 Å². The van der Waals surface area contributed by atoms with Gasteiger partial charge in [-0.15, -0.1) is 11.3 Å². The zero-order chi connectivity index (χ0) is 17.1. The van der Waals surface area contributed by atoms with Crippen LogP contribution in [-0.2, 0) is 4.79 Å². The molecule has 0 saturated heterocycles. The summed E-state index contributed by atoms with van der Waals surface area (Å²) in [5.41, 5.74) is 1.95. The van der Waals surface area contributed by atoms with Gasteiger partial charge in [-0.2, -0.15) is 0 Å². The SMILES string of the molecule is C[C@H](c1nc2ccccc2s1)[NH+](C)CC(=O)N(C)c1ccccc1. The molecule has 5 heteroatoms. The Kier molecular flexibility index (Phi) is 4.92. The molecular formula is C19H22N3OS+. The number of nitrogens with one attached hydrogen (secondary N) is 1. The molecule has 1 heterocycles. The van der Waals surface area contributed by atoms with E-state index in [4.69, 9.17) is 4.98 Å². The standard InChI is InChI=1S/C19H21N3OS/c1-14(19-20-16-11-7-8-12-17(16)24-19)21(2)13-18(23)22(3)15-9-5-4-6-10-15/h4-12,14H,13H2,1-3H3/p+1/t14-/m1/s1. The van der Waals surface area contributed by atoms with E-state index in [9.17, 15) is 4.79 Å². The lowest BCUT2D eigenvalue weighted by molar-refractivity contribution is -0.902. The van der Waals surface area contributed by atoms with E-state index in [0.29, 0.717) is 6.54 Å².